The molecular formula is C20H21Cl2N3O3S. The predicted molar refractivity (Wildman–Crippen MR) is 121 cm³/mol. The van der Waals surface area contributed by atoms with Crippen LogP contribution in [0.25, 0.3) is 0 Å². The van der Waals surface area contributed by atoms with Crippen LogP contribution >= 0.6 is 35.4 Å². The van der Waals surface area contributed by atoms with Gasteiger partial charge in [-0.3, -0.25) is 14.9 Å². The molecule has 0 unspecified atom stereocenters. The highest BCUT2D eigenvalue weighted by molar-refractivity contribution is 7.80. The number of carbonyl (C=O) groups excluding carboxylic acids is 2. The summed E-state index contributed by atoms with van der Waals surface area (Å²) in [6.07, 6.45) is 2.21. The highest BCUT2D eigenvalue weighted by Crippen LogP contribution is 2.28. The molecule has 2 amide bonds. The van der Waals surface area contributed by atoms with Gasteiger partial charge in [0.1, 0.15) is 5.75 Å². The van der Waals surface area contributed by atoms with Gasteiger partial charge < -0.3 is 15.4 Å². The molecule has 29 heavy (non-hydrogen) atoms. The van der Waals surface area contributed by atoms with Crippen LogP contribution in [-0.2, 0) is 4.79 Å². The highest BCUT2D eigenvalue weighted by Gasteiger charge is 2.14. The molecule has 0 atom stereocenters. The Morgan fingerprint density at radius 2 is 1.86 bits per heavy atom. The van der Waals surface area contributed by atoms with E-state index in [-0.39, 0.29) is 21.6 Å². The van der Waals surface area contributed by atoms with Crippen molar-refractivity contribution in [2.45, 2.75) is 26.2 Å². The summed E-state index contributed by atoms with van der Waals surface area (Å²) in [7, 11) is 1.50. The molecule has 0 spiro atoms. The van der Waals surface area contributed by atoms with Gasteiger partial charge in [0.2, 0.25) is 5.91 Å². The number of carbonyl (C=O) groups is 2. The van der Waals surface area contributed by atoms with Crippen LogP contribution in [0, 0.1) is 0 Å². The lowest BCUT2D eigenvalue weighted by atomic mass is 10.2. The summed E-state index contributed by atoms with van der Waals surface area (Å²) in [5.41, 5.74) is 1.35. The zero-order valence-electron chi connectivity index (χ0n) is 16.0. The average Bonchev–Trinajstić information content (AvgIpc) is 2.69. The zero-order valence-corrected chi connectivity index (χ0v) is 18.3. The lowest BCUT2D eigenvalue weighted by Crippen LogP contribution is -2.34. The molecule has 0 radical (unpaired) electrons. The Hall–Kier alpha value is -2.35. The van der Waals surface area contributed by atoms with Crippen LogP contribution in [-0.4, -0.2) is 24.0 Å². The number of anilines is 2. The molecule has 0 heterocycles. The van der Waals surface area contributed by atoms with Crippen molar-refractivity contribution in [1.29, 1.82) is 0 Å². The van der Waals surface area contributed by atoms with Crippen LogP contribution in [0.15, 0.2) is 36.4 Å². The quantitative estimate of drug-likeness (QED) is 0.498. The van der Waals surface area contributed by atoms with Crippen LogP contribution in [0.4, 0.5) is 11.4 Å². The third kappa shape index (κ3) is 6.88. The summed E-state index contributed by atoms with van der Waals surface area (Å²) >= 11 is 17.1. The number of methoxy groups -OCH3 is 1. The number of benzene rings is 2. The molecule has 0 aliphatic heterocycles. The van der Waals surface area contributed by atoms with Crippen molar-refractivity contribution in [2.75, 3.05) is 17.7 Å². The molecule has 0 aliphatic rings. The fourth-order valence-electron chi connectivity index (χ4n) is 2.43. The number of nitrogens with one attached hydrogen (secondary N) is 3. The minimum atomic E-state index is -0.484. The van der Waals surface area contributed by atoms with E-state index in [9.17, 15) is 9.59 Å². The largest absolute Gasteiger partial charge is 0.494 e. The van der Waals surface area contributed by atoms with Gasteiger partial charge in [0.15, 0.2) is 5.11 Å². The van der Waals surface area contributed by atoms with Crippen molar-refractivity contribution in [3.63, 3.8) is 0 Å². The second-order valence-corrected chi connectivity index (χ2v) is 7.35. The number of halogens is 2. The molecule has 9 heteroatoms. The molecule has 0 fully saturated rings. The summed E-state index contributed by atoms with van der Waals surface area (Å²) in [6.45, 7) is 2.02. The third-order valence-corrected chi connectivity index (χ3v) is 4.66. The lowest BCUT2D eigenvalue weighted by Gasteiger charge is -2.14. The predicted octanol–water partition coefficient (Wildman–Crippen LogP) is 5.26. The van der Waals surface area contributed by atoms with Crippen LogP contribution in [0.5, 0.6) is 5.75 Å². The van der Waals surface area contributed by atoms with Gasteiger partial charge in [-0.25, -0.2) is 0 Å². The number of thiocarbonyl (C=S) groups is 1. The van der Waals surface area contributed by atoms with Crippen molar-refractivity contribution in [3.8, 4) is 5.75 Å². The van der Waals surface area contributed by atoms with E-state index in [2.05, 4.69) is 16.0 Å². The molecule has 6 nitrogen and oxygen atoms in total. The Morgan fingerprint density at radius 3 is 2.55 bits per heavy atom. The normalized spacial score (nSPS) is 10.2. The van der Waals surface area contributed by atoms with Crippen molar-refractivity contribution >= 4 is 63.7 Å². The molecule has 0 aliphatic carbocycles. The summed E-state index contributed by atoms with van der Waals surface area (Å²) in [4.78, 5) is 24.3. The van der Waals surface area contributed by atoms with Gasteiger partial charge in [0.25, 0.3) is 5.91 Å². The number of hydrogen-bond acceptors (Lipinski definition) is 4. The maximum atomic E-state index is 12.3. The summed E-state index contributed by atoms with van der Waals surface area (Å²) in [5.74, 6) is -0.0966. The van der Waals surface area contributed by atoms with E-state index < -0.39 is 5.91 Å². The van der Waals surface area contributed by atoms with E-state index in [0.29, 0.717) is 28.6 Å². The molecular weight excluding hydrogens is 433 g/mol. The van der Waals surface area contributed by atoms with Gasteiger partial charge in [-0.05, 0) is 49.0 Å². The van der Waals surface area contributed by atoms with E-state index in [1.165, 1.54) is 19.2 Å². The van der Waals surface area contributed by atoms with Crippen molar-refractivity contribution in [1.82, 2.24) is 5.32 Å². The monoisotopic (exact) mass is 453 g/mol. The molecule has 0 saturated heterocycles. The summed E-state index contributed by atoms with van der Waals surface area (Å²) in [5, 5.41) is 8.99. The van der Waals surface area contributed by atoms with Crippen LogP contribution in [0.1, 0.15) is 36.5 Å². The number of ether oxygens (including phenoxy) is 1. The Labute approximate surface area is 184 Å². The molecule has 2 aromatic carbocycles. The van der Waals surface area contributed by atoms with E-state index in [1.807, 2.05) is 6.92 Å². The number of amides is 2. The summed E-state index contributed by atoms with van der Waals surface area (Å²) < 4.78 is 5.33. The fourth-order valence-corrected chi connectivity index (χ4v) is 3.01. The fraction of sp³-hybridized carbons (Fsp3) is 0.250. The Morgan fingerprint density at radius 1 is 1.10 bits per heavy atom. The first kappa shape index (κ1) is 22.9. The number of hydrogen-bond donors (Lipinski definition) is 3. The Balaban J connectivity index is 2.03. The van der Waals surface area contributed by atoms with Crippen molar-refractivity contribution in [2.24, 2.45) is 0 Å². The molecule has 154 valence electrons. The first-order valence-corrected chi connectivity index (χ1v) is 10.1. The Kier molecular flexibility index (Phi) is 8.70. The summed E-state index contributed by atoms with van der Waals surface area (Å²) in [6, 6.07) is 9.66. The Bertz CT molecular complexity index is 922. The van der Waals surface area contributed by atoms with Gasteiger partial charge in [-0.2, -0.15) is 0 Å². The minimum Gasteiger partial charge on any atom is -0.494 e. The van der Waals surface area contributed by atoms with E-state index in [0.717, 1.165) is 12.8 Å². The molecule has 0 bridgehead atoms. The first-order chi connectivity index (χ1) is 13.8. The second kappa shape index (κ2) is 11.0. The van der Waals surface area contributed by atoms with Gasteiger partial charge in [-0.1, -0.05) is 36.5 Å². The SMILES string of the molecule is CCCCC(=O)Nc1ccc(NC(=S)NC(=O)c2cc(Cl)ccc2Cl)cc1OC. The second-order valence-electron chi connectivity index (χ2n) is 6.10. The van der Waals surface area contributed by atoms with Crippen molar-refractivity contribution in [3.05, 3.63) is 52.0 Å². The van der Waals surface area contributed by atoms with Gasteiger partial charge in [0.05, 0.1) is 23.4 Å². The van der Waals surface area contributed by atoms with Gasteiger partial charge in [0, 0.05) is 23.2 Å². The van der Waals surface area contributed by atoms with E-state index in [1.54, 1.807) is 24.3 Å². The van der Waals surface area contributed by atoms with E-state index >= 15 is 0 Å². The molecule has 3 N–H and O–H groups in total. The maximum absolute atomic E-state index is 12.3. The topological polar surface area (TPSA) is 79.5 Å². The molecule has 0 saturated carbocycles. The number of rotatable bonds is 7. The van der Waals surface area contributed by atoms with Gasteiger partial charge >= 0.3 is 0 Å². The van der Waals surface area contributed by atoms with Crippen LogP contribution in [0.3, 0.4) is 0 Å². The first-order valence-electron chi connectivity index (χ1n) is 8.89. The number of unbranched alkanes of at least 4 members (excludes halogenated alkanes) is 1. The molecule has 2 rings (SSSR count). The molecule has 0 aromatic heterocycles. The van der Waals surface area contributed by atoms with Gasteiger partial charge in [-0.15, -0.1) is 0 Å². The maximum Gasteiger partial charge on any atom is 0.258 e. The average molecular weight is 454 g/mol. The van der Waals surface area contributed by atoms with E-state index in [4.69, 9.17) is 40.2 Å². The minimum absolute atomic E-state index is 0.0767. The third-order valence-electron chi connectivity index (χ3n) is 3.89. The van der Waals surface area contributed by atoms with Crippen molar-refractivity contribution < 1.29 is 14.3 Å². The van der Waals surface area contributed by atoms with Crippen LogP contribution < -0.4 is 20.7 Å². The zero-order chi connectivity index (χ0) is 21.4. The standard InChI is InChI=1S/C20H21Cl2N3O3S/c1-3-4-5-18(26)24-16-9-7-13(11-17(16)28-2)23-20(29)25-19(27)14-10-12(21)6-8-15(14)22/h6-11H,3-5H2,1-2H3,(H,24,26)(H2,23,25,27,29). The molecule has 2 aromatic rings. The lowest BCUT2D eigenvalue weighted by molar-refractivity contribution is -0.116. The van der Waals surface area contributed by atoms with Crippen LogP contribution in [0.2, 0.25) is 10.0 Å². The smallest absolute Gasteiger partial charge is 0.258 e. The highest BCUT2D eigenvalue weighted by atomic mass is 35.5.